The average molecular weight is 341 g/mol. The first kappa shape index (κ1) is 15.8. The summed E-state index contributed by atoms with van der Waals surface area (Å²) in [5.41, 5.74) is 2.58. The van der Waals surface area contributed by atoms with Gasteiger partial charge in [0.1, 0.15) is 0 Å². The summed E-state index contributed by atoms with van der Waals surface area (Å²) in [5, 5.41) is 3.56. The fourth-order valence-electron chi connectivity index (χ4n) is 2.28. The first-order valence-electron chi connectivity index (χ1n) is 7.39. The minimum Gasteiger partial charge on any atom is -0.383 e. The van der Waals surface area contributed by atoms with Gasteiger partial charge in [-0.25, -0.2) is 0 Å². The zero-order valence-corrected chi connectivity index (χ0v) is 14.2. The topological polar surface area (TPSA) is 24.5 Å². The molecule has 1 aliphatic rings. The van der Waals surface area contributed by atoms with Gasteiger partial charge in [-0.15, -0.1) is 0 Å². The Hall–Kier alpha value is -0.580. The maximum absolute atomic E-state index is 5.21. The summed E-state index contributed by atoms with van der Waals surface area (Å²) in [5.74, 6) is 0. The number of nitrogens with zero attached hydrogens (tertiary/aromatic N) is 1. The maximum Gasteiger partial charge on any atom is 0.0637 e. The van der Waals surface area contributed by atoms with Crippen molar-refractivity contribution in [2.24, 2.45) is 0 Å². The maximum atomic E-state index is 5.21. The van der Waals surface area contributed by atoms with Crippen molar-refractivity contribution in [3.05, 3.63) is 28.2 Å². The molecule has 112 valence electrons. The molecule has 0 unspecified atom stereocenters. The van der Waals surface area contributed by atoms with Crippen LogP contribution in [0.15, 0.2) is 22.7 Å². The predicted molar refractivity (Wildman–Crippen MR) is 88.4 cm³/mol. The van der Waals surface area contributed by atoms with E-state index in [2.05, 4.69) is 58.2 Å². The number of halogens is 1. The predicted octanol–water partition coefficient (Wildman–Crippen LogP) is 3.56. The molecule has 1 fully saturated rings. The normalized spacial score (nSPS) is 14.8. The smallest absolute Gasteiger partial charge is 0.0637 e. The highest BCUT2D eigenvalue weighted by atomic mass is 79.9. The SMILES string of the molecule is COCCN(c1ccc(CNC2CC2)c(Br)c1)C(C)C. The van der Waals surface area contributed by atoms with Crippen LogP contribution in [0.5, 0.6) is 0 Å². The highest BCUT2D eigenvalue weighted by Crippen LogP contribution is 2.27. The largest absolute Gasteiger partial charge is 0.383 e. The number of methoxy groups -OCH3 is 1. The van der Waals surface area contributed by atoms with E-state index >= 15 is 0 Å². The fourth-order valence-corrected chi connectivity index (χ4v) is 2.78. The van der Waals surface area contributed by atoms with Gasteiger partial charge in [-0.05, 0) is 44.4 Å². The van der Waals surface area contributed by atoms with E-state index in [0.717, 1.165) is 25.7 Å². The molecule has 0 spiro atoms. The molecule has 2 rings (SSSR count). The number of benzene rings is 1. The molecule has 1 aliphatic carbocycles. The van der Waals surface area contributed by atoms with Crippen LogP contribution < -0.4 is 10.2 Å². The second kappa shape index (κ2) is 7.43. The molecule has 0 heterocycles. The van der Waals surface area contributed by atoms with Crippen LogP contribution in [0.3, 0.4) is 0 Å². The summed E-state index contributed by atoms with van der Waals surface area (Å²) in [6, 6.07) is 7.86. The quantitative estimate of drug-likeness (QED) is 0.782. The molecule has 0 aromatic heterocycles. The molecule has 0 aliphatic heterocycles. The van der Waals surface area contributed by atoms with Gasteiger partial charge in [0, 0.05) is 42.4 Å². The van der Waals surface area contributed by atoms with E-state index in [4.69, 9.17) is 4.74 Å². The van der Waals surface area contributed by atoms with Crippen LogP contribution in [0.2, 0.25) is 0 Å². The van der Waals surface area contributed by atoms with Crippen LogP contribution in [0.25, 0.3) is 0 Å². The van der Waals surface area contributed by atoms with E-state index in [1.54, 1.807) is 7.11 Å². The van der Waals surface area contributed by atoms with E-state index in [-0.39, 0.29) is 0 Å². The van der Waals surface area contributed by atoms with Gasteiger partial charge >= 0.3 is 0 Å². The van der Waals surface area contributed by atoms with Gasteiger partial charge in [-0.3, -0.25) is 0 Å². The lowest BCUT2D eigenvalue weighted by Gasteiger charge is -2.29. The molecule has 0 radical (unpaired) electrons. The van der Waals surface area contributed by atoms with Crippen molar-refractivity contribution in [1.82, 2.24) is 5.32 Å². The average Bonchev–Trinajstić information content (AvgIpc) is 3.22. The third-order valence-electron chi connectivity index (χ3n) is 3.69. The molecule has 1 aromatic carbocycles. The summed E-state index contributed by atoms with van der Waals surface area (Å²) in [4.78, 5) is 2.37. The van der Waals surface area contributed by atoms with Crippen molar-refractivity contribution >= 4 is 21.6 Å². The molecule has 1 N–H and O–H groups in total. The Bertz CT molecular complexity index is 432. The second-order valence-electron chi connectivity index (χ2n) is 5.71. The number of rotatable bonds is 8. The van der Waals surface area contributed by atoms with E-state index in [1.165, 1.54) is 28.6 Å². The number of nitrogens with one attached hydrogen (secondary N) is 1. The lowest BCUT2D eigenvalue weighted by Crippen LogP contribution is -2.33. The second-order valence-corrected chi connectivity index (χ2v) is 6.57. The van der Waals surface area contributed by atoms with Crippen LogP contribution >= 0.6 is 15.9 Å². The van der Waals surface area contributed by atoms with Gasteiger partial charge in [0.05, 0.1) is 6.61 Å². The summed E-state index contributed by atoms with van der Waals surface area (Å²) in [6.07, 6.45) is 2.65. The van der Waals surface area contributed by atoms with Crippen LogP contribution in [-0.2, 0) is 11.3 Å². The first-order valence-corrected chi connectivity index (χ1v) is 8.18. The van der Waals surface area contributed by atoms with Crippen LogP contribution in [-0.4, -0.2) is 32.3 Å². The zero-order chi connectivity index (χ0) is 14.5. The van der Waals surface area contributed by atoms with Gasteiger partial charge in [-0.2, -0.15) is 0 Å². The van der Waals surface area contributed by atoms with E-state index in [9.17, 15) is 0 Å². The van der Waals surface area contributed by atoms with Crippen molar-refractivity contribution < 1.29 is 4.74 Å². The van der Waals surface area contributed by atoms with E-state index < -0.39 is 0 Å². The summed E-state index contributed by atoms with van der Waals surface area (Å²) < 4.78 is 6.39. The molecule has 3 nitrogen and oxygen atoms in total. The Morgan fingerprint density at radius 2 is 2.15 bits per heavy atom. The number of ether oxygens (including phenoxy) is 1. The Kier molecular flexibility index (Phi) is 5.87. The zero-order valence-electron chi connectivity index (χ0n) is 12.7. The highest BCUT2D eigenvalue weighted by molar-refractivity contribution is 9.10. The lowest BCUT2D eigenvalue weighted by molar-refractivity contribution is 0.204. The molecule has 0 bridgehead atoms. The third kappa shape index (κ3) is 4.47. The van der Waals surface area contributed by atoms with E-state index in [0.29, 0.717) is 6.04 Å². The van der Waals surface area contributed by atoms with Crippen molar-refractivity contribution in [3.63, 3.8) is 0 Å². The Balaban J connectivity index is 2.04. The Labute approximate surface area is 130 Å². The van der Waals surface area contributed by atoms with Crippen molar-refractivity contribution in [2.45, 2.75) is 45.3 Å². The Morgan fingerprint density at radius 3 is 2.70 bits per heavy atom. The van der Waals surface area contributed by atoms with Crippen LogP contribution in [0, 0.1) is 0 Å². The number of anilines is 1. The van der Waals surface area contributed by atoms with Crippen molar-refractivity contribution in [2.75, 3.05) is 25.2 Å². The molecule has 0 saturated heterocycles. The minimum absolute atomic E-state index is 0.465. The van der Waals surface area contributed by atoms with Gasteiger partial charge in [0.15, 0.2) is 0 Å². The van der Waals surface area contributed by atoms with Gasteiger partial charge < -0.3 is 15.0 Å². The molecule has 0 atom stereocenters. The first-order chi connectivity index (χ1) is 9.61. The molecule has 1 aromatic rings. The third-order valence-corrected chi connectivity index (χ3v) is 4.42. The fraction of sp³-hybridized carbons (Fsp3) is 0.625. The van der Waals surface area contributed by atoms with Gasteiger partial charge in [0.2, 0.25) is 0 Å². The molecular weight excluding hydrogens is 316 g/mol. The summed E-state index contributed by atoms with van der Waals surface area (Å²) in [6.45, 7) is 7.05. The van der Waals surface area contributed by atoms with Gasteiger partial charge in [-0.1, -0.05) is 22.0 Å². The van der Waals surface area contributed by atoms with Crippen LogP contribution in [0.4, 0.5) is 5.69 Å². The number of hydrogen-bond donors (Lipinski definition) is 1. The molecule has 0 amide bonds. The molecule has 20 heavy (non-hydrogen) atoms. The molecule has 1 saturated carbocycles. The summed E-state index contributed by atoms with van der Waals surface area (Å²) in [7, 11) is 1.75. The van der Waals surface area contributed by atoms with Crippen molar-refractivity contribution in [1.29, 1.82) is 0 Å². The van der Waals surface area contributed by atoms with Crippen molar-refractivity contribution in [3.8, 4) is 0 Å². The standard InChI is InChI=1S/C16H25BrN2O/c1-12(2)19(8-9-20-3)15-7-4-13(16(17)10-15)11-18-14-5-6-14/h4,7,10,12,14,18H,5-6,8-9,11H2,1-3H3. The van der Waals surface area contributed by atoms with Gasteiger partial charge in [0.25, 0.3) is 0 Å². The lowest BCUT2D eigenvalue weighted by atomic mass is 10.1. The monoisotopic (exact) mass is 340 g/mol. The molecule has 4 heteroatoms. The minimum atomic E-state index is 0.465. The highest BCUT2D eigenvalue weighted by Gasteiger charge is 2.20. The molecular formula is C16H25BrN2O. The summed E-state index contributed by atoms with van der Waals surface area (Å²) >= 11 is 3.71. The van der Waals surface area contributed by atoms with Crippen LogP contribution in [0.1, 0.15) is 32.3 Å². The Morgan fingerprint density at radius 1 is 1.40 bits per heavy atom. The van der Waals surface area contributed by atoms with E-state index in [1.807, 2.05) is 0 Å². The number of hydrogen-bond acceptors (Lipinski definition) is 3.